The molecule has 3 heteroatoms. The van der Waals surface area contributed by atoms with Gasteiger partial charge in [0.1, 0.15) is 5.60 Å². The number of hydrogen-bond donors (Lipinski definition) is 1. The fourth-order valence-electron chi connectivity index (χ4n) is 1.30. The zero-order valence-corrected chi connectivity index (χ0v) is 8.44. The van der Waals surface area contributed by atoms with E-state index in [9.17, 15) is 5.11 Å². The van der Waals surface area contributed by atoms with Crippen molar-refractivity contribution in [3.05, 3.63) is 21.9 Å². The third kappa shape index (κ3) is 1.86. The average Bonchev–Trinajstić information content (AvgIpc) is 2.35. The molecule has 0 aliphatic heterocycles. The molecule has 1 unspecified atom stereocenters. The summed E-state index contributed by atoms with van der Waals surface area (Å²) in [4.78, 5) is 1.15. The predicted molar refractivity (Wildman–Crippen MR) is 50.5 cm³/mol. The summed E-state index contributed by atoms with van der Waals surface area (Å²) in [5.41, 5.74) is 0.119. The zero-order chi connectivity index (χ0) is 9.19. The molecule has 1 aromatic heterocycles. The van der Waals surface area contributed by atoms with Crippen molar-refractivity contribution in [2.45, 2.75) is 19.4 Å². The van der Waals surface area contributed by atoms with Gasteiger partial charge in [-0.05, 0) is 30.9 Å². The number of rotatable bonds is 3. The Morgan fingerprint density at radius 1 is 1.67 bits per heavy atom. The number of ether oxygens (including phenoxy) is 1. The summed E-state index contributed by atoms with van der Waals surface area (Å²) in [5, 5.41) is 11.9. The highest BCUT2D eigenvalue weighted by Gasteiger charge is 2.25. The van der Waals surface area contributed by atoms with Crippen molar-refractivity contribution in [1.29, 1.82) is 0 Å². The monoisotopic (exact) mass is 186 g/mol. The quantitative estimate of drug-likeness (QED) is 0.781. The standard InChI is InChI=1S/C9H14O2S/c1-7-8(4-5-12-7)9(2,10)6-11-3/h4-5,10H,6H2,1-3H3. The molecule has 2 nitrogen and oxygen atoms in total. The summed E-state index contributed by atoms with van der Waals surface area (Å²) in [6, 6.07) is 1.94. The third-order valence-electron chi connectivity index (χ3n) is 1.86. The Balaban J connectivity index is 2.88. The molecule has 0 radical (unpaired) electrons. The minimum Gasteiger partial charge on any atom is -0.383 e. The topological polar surface area (TPSA) is 29.5 Å². The van der Waals surface area contributed by atoms with Crippen molar-refractivity contribution in [2.75, 3.05) is 13.7 Å². The Hall–Kier alpha value is -0.380. The second kappa shape index (κ2) is 3.56. The molecule has 0 aliphatic rings. The van der Waals surface area contributed by atoms with E-state index in [2.05, 4.69) is 0 Å². The van der Waals surface area contributed by atoms with Gasteiger partial charge in [0.25, 0.3) is 0 Å². The van der Waals surface area contributed by atoms with E-state index in [0.29, 0.717) is 6.61 Å². The molecule has 0 aromatic carbocycles. The first-order valence-electron chi connectivity index (χ1n) is 3.84. The number of thiophene rings is 1. The van der Waals surface area contributed by atoms with Crippen LogP contribution >= 0.6 is 11.3 Å². The Labute approximate surface area is 76.8 Å². The van der Waals surface area contributed by atoms with Crippen molar-refractivity contribution >= 4 is 11.3 Å². The van der Waals surface area contributed by atoms with E-state index in [0.717, 1.165) is 10.4 Å². The average molecular weight is 186 g/mol. The zero-order valence-electron chi connectivity index (χ0n) is 7.63. The minimum atomic E-state index is -0.848. The summed E-state index contributed by atoms with van der Waals surface area (Å²) in [7, 11) is 1.59. The van der Waals surface area contributed by atoms with Gasteiger partial charge in [-0.1, -0.05) is 0 Å². The summed E-state index contributed by atoms with van der Waals surface area (Å²) >= 11 is 1.64. The molecule has 1 heterocycles. The SMILES string of the molecule is COCC(C)(O)c1ccsc1C. The molecule has 1 atom stereocenters. The van der Waals surface area contributed by atoms with Crippen molar-refractivity contribution in [3.8, 4) is 0 Å². The summed E-state index contributed by atoms with van der Waals surface area (Å²) < 4.78 is 4.94. The van der Waals surface area contributed by atoms with Gasteiger partial charge in [-0.15, -0.1) is 11.3 Å². The Kier molecular flexibility index (Phi) is 2.88. The smallest absolute Gasteiger partial charge is 0.111 e. The van der Waals surface area contributed by atoms with Crippen LogP contribution in [0.5, 0.6) is 0 Å². The van der Waals surface area contributed by atoms with E-state index in [1.807, 2.05) is 18.4 Å². The maximum Gasteiger partial charge on any atom is 0.111 e. The molecule has 1 N–H and O–H groups in total. The van der Waals surface area contributed by atoms with Crippen LogP contribution in [0.15, 0.2) is 11.4 Å². The van der Waals surface area contributed by atoms with Gasteiger partial charge in [-0.25, -0.2) is 0 Å². The second-order valence-corrected chi connectivity index (χ2v) is 4.22. The Bertz CT molecular complexity index is 253. The van der Waals surface area contributed by atoms with Gasteiger partial charge in [0.05, 0.1) is 6.61 Å². The van der Waals surface area contributed by atoms with Gasteiger partial charge in [0.2, 0.25) is 0 Å². The fourth-order valence-corrected chi connectivity index (χ4v) is 2.13. The van der Waals surface area contributed by atoms with Gasteiger partial charge in [-0.2, -0.15) is 0 Å². The van der Waals surface area contributed by atoms with Crippen molar-refractivity contribution in [2.24, 2.45) is 0 Å². The van der Waals surface area contributed by atoms with Crippen LogP contribution in [0.25, 0.3) is 0 Å². The lowest BCUT2D eigenvalue weighted by Crippen LogP contribution is -2.27. The lowest BCUT2D eigenvalue weighted by molar-refractivity contribution is -0.0208. The van der Waals surface area contributed by atoms with Gasteiger partial charge in [0, 0.05) is 12.0 Å². The summed E-state index contributed by atoms with van der Waals surface area (Å²) in [5.74, 6) is 0. The van der Waals surface area contributed by atoms with E-state index in [4.69, 9.17) is 4.74 Å². The lowest BCUT2D eigenvalue weighted by atomic mass is 9.98. The molecular formula is C9H14O2S. The van der Waals surface area contributed by atoms with Crippen molar-refractivity contribution in [1.82, 2.24) is 0 Å². The number of hydrogen-bond acceptors (Lipinski definition) is 3. The fraction of sp³-hybridized carbons (Fsp3) is 0.556. The number of methoxy groups -OCH3 is 1. The highest BCUT2D eigenvalue weighted by molar-refractivity contribution is 7.10. The molecule has 0 bridgehead atoms. The molecule has 0 aliphatic carbocycles. The Morgan fingerprint density at radius 2 is 2.33 bits per heavy atom. The summed E-state index contributed by atoms with van der Waals surface area (Å²) in [6.45, 7) is 4.11. The first kappa shape index (κ1) is 9.71. The van der Waals surface area contributed by atoms with E-state index in [1.54, 1.807) is 25.4 Å². The van der Waals surface area contributed by atoms with Crippen molar-refractivity contribution in [3.63, 3.8) is 0 Å². The summed E-state index contributed by atoms with van der Waals surface area (Å²) in [6.07, 6.45) is 0. The molecule has 0 amide bonds. The molecule has 12 heavy (non-hydrogen) atoms. The van der Waals surface area contributed by atoms with E-state index in [-0.39, 0.29) is 0 Å². The molecule has 0 spiro atoms. The van der Waals surface area contributed by atoms with E-state index in [1.165, 1.54) is 0 Å². The predicted octanol–water partition coefficient (Wildman–Crippen LogP) is 1.91. The van der Waals surface area contributed by atoms with Crippen LogP contribution in [-0.4, -0.2) is 18.8 Å². The van der Waals surface area contributed by atoms with Crippen LogP contribution in [0.1, 0.15) is 17.4 Å². The first-order valence-corrected chi connectivity index (χ1v) is 4.72. The Morgan fingerprint density at radius 3 is 2.75 bits per heavy atom. The maximum absolute atomic E-state index is 9.94. The minimum absolute atomic E-state index is 0.338. The van der Waals surface area contributed by atoms with Crippen LogP contribution < -0.4 is 0 Å². The maximum atomic E-state index is 9.94. The first-order chi connectivity index (χ1) is 5.58. The van der Waals surface area contributed by atoms with Crippen LogP contribution in [0, 0.1) is 6.92 Å². The van der Waals surface area contributed by atoms with Gasteiger partial charge in [0.15, 0.2) is 0 Å². The van der Waals surface area contributed by atoms with Crippen molar-refractivity contribution < 1.29 is 9.84 Å². The number of aryl methyl sites for hydroxylation is 1. The molecular weight excluding hydrogens is 172 g/mol. The normalized spacial score (nSPS) is 16.0. The molecule has 1 rings (SSSR count). The van der Waals surface area contributed by atoms with Gasteiger partial charge >= 0.3 is 0 Å². The van der Waals surface area contributed by atoms with Crippen LogP contribution in [0.4, 0.5) is 0 Å². The van der Waals surface area contributed by atoms with Gasteiger partial charge < -0.3 is 9.84 Å². The third-order valence-corrected chi connectivity index (χ3v) is 2.71. The van der Waals surface area contributed by atoms with Gasteiger partial charge in [-0.3, -0.25) is 0 Å². The molecule has 68 valence electrons. The highest BCUT2D eigenvalue weighted by atomic mass is 32.1. The van der Waals surface area contributed by atoms with E-state index >= 15 is 0 Å². The lowest BCUT2D eigenvalue weighted by Gasteiger charge is -2.22. The molecule has 0 fully saturated rings. The largest absolute Gasteiger partial charge is 0.383 e. The van der Waals surface area contributed by atoms with Crippen LogP contribution in [0.3, 0.4) is 0 Å². The second-order valence-electron chi connectivity index (χ2n) is 3.10. The van der Waals surface area contributed by atoms with E-state index < -0.39 is 5.60 Å². The number of aliphatic hydroxyl groups is 1. The highest BCUT2D eigenvalue weighted by Crippen LogP contribution is 2.27. The molecule has 0 saturated heterocycles. The van der Waals surface area contributed by atoms with Crippen LogP contribution in [-0.2, 0) is 10.3 Å². The molecule has 1 aromatic rings. The molecule has 0 saturated carbocycles. The van der Waals surface area contributed by atoms with Crippen LogP contribution in [0.2, 0.25) is 0 Å².